The van der Waals surface area contributed by atoms with Crippen LogP contribution in [0.25, 0.3) is 0 Å². The zero-order valence-corrected chi connectivity index (χ0v) is 8.54. The Labute approximate surface area is 83.9 Å². The maximum absolute atomic E-state index is 10.5. The molecule has 14 heavy (non-hydrogen) atoms. The van der Waals surface area contributed by atoms with Crippen LogP contribution in [0, 0.1) is 13.8 Å². The van der Waals surface area contributed by atoms with Gasteiger partial charge in [0.05, 0.1) is 13.0 Å². The summed E-state index contributed by atoms with van der Waals surface area (Å²) in [7, 11) is 0. The highest BCUT2D eigenvalue weighted by Crippen LogP contribution is 2.18. The number of carbonyl (C=O) groups is 1. The van der Waals surface area contributed by atoms with Crippen molar-refractivity contribution in [3.63, 3.8) is 0 Å². The molecular weight excluding hydrogens is 178 g/mol. The van der Waals surface area contributed by atoms with Crippen molar-refractivity contribution in [1.82, 2.24) is 0 Å². The molecule has 3 nitrogen and oxygen atoms in total. The third-order valence-electron chi connectivity index (χ3n) is 1.94. The van der Waals surface area contributed by atoms with E-state index in [2.05, 4.69) is 0 Å². The normalized spacial score (nSPS) is 9.86. The van der Waals surface area contributed by atoms with Gasteiger partial charge < -0.3 is 10.5 Å². The van der Waals surface area contributed by atoms with Crippen molar-refractivity contribution in [3.05, 3.63) is 29.3 Å². The number of rotatable bonds is 4. The molecule has 0 heterocycles. The van der Waals surface area contributed by atoms with E-state index in [-0.39, 0.29) is 12.3 Å². The molecule has 1 amide bonds. The highest BCUT2D eigenvalue weighted by Gasteiger charge is 2.00. The van der Waals surface area contributed by atoms with Crippen LogP contribution in [-0.2, 0) is 4.79 Å². The fraction of sp³-hybridized carbons (Fsp3) is 0.364. The summed E-state index contributed by atoms with van der Waals surface area (Å²) in [6.45, 7) is 4.35. The molecule has 0 fully saturated rings. The number of carbonyl (C=O) groups excluding carboxylic acids is 1. The molecule has 3 heteroatoms. The summed E-state index contributed by atoms with van der Waals surface area (Å²) in [6, 6.07) is 5.93. The summed E-state index contributed by atoms with van der Waals surface area (Å²) < 4.78 is 5.40. The van der Waals surface area contributed by atoms with Gasteiger partial charge in [0.2, 0.25) is 5.91 Å². The fourth-order valence-electron chi connectivity index (χ4n) is 1.22. The number of benzene rings is 1. The van der Waals surface area contributed by atoms with Gasteiger partial charge in [-0.15, -0.1) is 0 Å². The second kappa shape index (κ2) is 4.65. The molecule has 0 atom stereocenters. The molecule has 0 aliphatic heterocycles. The lowest BCUT2D eigenvalue weighted by atomic mass is 10.1. The standard InChI is InChI=1S/C11H15NO2/c1-8-3-4-10(9(2)7-8)14-6-5-11(12)13/h3-4,7H,5-6H2,1-2H3,(H2,12,13). The Morgan fingerprint density at radius 2 is 2.14 bits per heavy atom. The number of hydrogen-bond acceptors (Lipinski definition) is 2. The van der Waals surface area contributed by atoms with E-state index in [4.69, 9.17) is 10.5 Å². The van der Waals surface area contributed by atoms with Gasteiger partial charge in [0.1, 0.15) is 5.75 Å². The summed E-state index contributed by atoms with van der Waals surface area (Å²) >= 11 is 0. The van der Waals surface area contributed by atoms with Crippen LogP contribution in [0.4, 0.5) is 0 Å². The lowest BCUT2D eigenvalue weighted by molar-refractivity contribution is -0.118. The zero-order valence-electron chi connectivity index (χ0n) is 8.54. The average Bonchev–Trinajstić information content (AvgIpc) is 2.08. The second-order valence-electron chi connectivity index (χ2n) is 3.33. The van der Waals surface area contributed by atoms with Gasteiger partial charge >= 0.3 is 0 Å². The number of aryl methyl sites for hydroxylation is 2. The number of amides is 1. The van der Waals surface area contributed by atoms with Crippen LogP contribution >= 0.6 is 0 Å². The van der Waals surface area contributed by atoms with Gasteiger partial charge in [0, 0.05) is 0 Å². The maximum Gasteiger partial charge on any atom is 0.220 e. The fourth-order valence-corrected chi connectivity index (χ4v) is 1.22. The van der Waals surface area contributed by atoms with Crippen molar-refractivity contribution in [1.29, 1.82) is 0 Å². The van der Waals surface area contributed by atoms with E-state index in [9.17, 15) is 4.79 Å². The van der Waals surface area contributed by atoms with Crippen LogP contribution in [0.1, 0.15) is 17.5 Å². The smallest absolute Gasteiger partial charge is 0.220 e. The molecule has 0 unspecified atom stereocenters. The van der Waals surface area contributed by atoms with E-state index in [0.29, 0.717) is 6.61 Å². The van der Waals surface area contributed by atoms with Crippen molar-refractivity contribution < 1.29 is 9.53 Å². The SMILES string of the molecule is Cc1ccc(OCCC(N)=O)c(C)c1. The molecule has 0 aromatic heterocycles. The average molecular weight is 193 g/mol. The van der Waals surface area contributed by atoms with Gasteiger partial charge in [-0.1, -0.05) is 17.7 Å². The first-order chi connectivity index (χ1) is 6.59. The lowest BCUT2D eigenvalue weighted by Crippen LogP contribution is -2.14. The molecule has 0 bridgehead atoms. The van der Waals surface area contributed by atoms with E-state index in [1.54, 1.807) is 0 Å². The van der Waals surface area contributed by atoms with Gasteiger partial charge in [-0.05, 0) is 25.5 Å². The topological polar surface area (TPSA) is 52.3 Å². The molecule has 0 saturated carbocycles. The van der Waals surface area contributed by atoms with E-state index >= 15 is 0 Å². The predicted molar refractivity (Wildman–Crippen MR) is 55.2 cm³/mol. The maximum atomic E-state index is 10.5. The number of primary amides is 1. The first kappa shape index (κ1) is 10.6. The molecule has 0 aliphatic carbocycles. The van der Waals surface area contributed by atoms with Crippen molar-refractivity contribution in [2.75, 3.05) is 6.61 Å². The minimum atomic E-state index is -0.338. The third-order valence-corrected chi connectivity index (χ3v) is 1.94. The van der Waals surface area contributed by atoms with Crippen LogP contribution < -0.4 is 10.5 Å². The van der Waals surface area contributed by atoms with Gasteiger partial charge in [-0.25, -0.2) is 0 Å². The first-order valence-corrected chi connectivity index (χ1v) is 4.58. The lowest BCUT2D eigenvalue weighted by Gasteiger charge is -2.08. The minimum Gasteiger partial charge on any atom is -0.493 e. The summed E-state index contributed by atoms with van der Waals surface area (Å²) in [5.41, 5.74) is 7.28. The van der Waals surface area contributed by atoms with Gasteiger partial charge in [0.15, 0.2) is 0 Å². The molecule has 2 N–H and O–H groups in total. The van der Waals surface area contributed by atoms with E-state index in [1.165, 1.54) is 5.56 Å². The van der Waals surface area contributed by atoms with Crippen molar-refractivity contribution in [3.8, 4) is 5.75 Å². The number of ether oxygens (including phenoxy) is 1. The Bertz CT molecular complexity index is 334. The largest absolute Gasteiger partial charge is 0.493 e. The molecular formula is C11H15NO2. The van der Waals surface area contributed by atoms with Gasteiger partial charge in [-0.2, -0.15) is 0 Å². The summed E-state index contributed by atoms with van der Waals surface area (Å²) in [6.07, 6.45) is 0.257. The summed E-state index contributed by atoms with van der Waals surface area (Å²) in [5.74, 6) is 0.478. The first-order valence-electron chi connectivity index (χ1n) is 4.58. The molecule has 0 spiro atoms. The third kappa shape index (κ3) is 3.09. The Hall–Kier alpha value is -1.51. The van der Waals surface area contributed by atoms with Gasteiger partial charge in [0.25, 0.3) is 0 Å². The Balaban J connectivity index is 2.55. The minimum absolute atomic E-state index is 0.257. The number of hydrogen-bond donors (Lipinski definition) is 1. The molecule has 1 aromatic rings. The molecule has 0 aliphatic rings. The monoisotopic (exact) mass is 193 g/mol. The summed E-state index contributed by atoms with van der Waals surface area (Å²) in [5, 5.41) is 0. The van der Waals surface area contributed by atoms with Gasteiger partial charge in [-0.3, -0.25) is 4.79 Å². The van der Waals surface area contributed by atoms with Crippen molar-refractivity contribution in [2.45, 2.75) is 20.3 Å². The highest BCUT2D eigenvalue weighted by molar-refractivity contribution is 5.73. The van der Waals surface area contributed by atoms with E-state index in [1.807, 2.05) is 32.0 Å². The molecule has 76 valence electrons. The molecule has 0 radical (unpaired) electrons. The van der Waals surface area contributed by atoms with Crippen molar-refractivity contribution >= 4 is 5.91 Å². The van der Waals surface area contributed by atoms with E-state index < -0.39 is 0 Å². The second-order valence-corrected chi connectivity index (χ2v) is 3.33. The van der Waals surface area contributed by atoms with Crippen LogP contribution in [0.2, 0.25) is 0 Å². The Morgan fingerprint density at radius 3 is 2.71 bits per heavy atom. The highest BCUT2D eigenvalue weighted by atomic mass is 16.5. The van der Waals surface area contributed by atoms with Crippen LogP contribution in [0.3, 0.4) is 0 Å². The van der Waals surface area contributed by atoms with E-state index in [0.717, 1.165) is 11.3 Å². The molecule has 1 aromatic carbocycles. The van der Waals surface area contributed by atoms with Crippen molar-refractivity contribution in [2.24, 2.45) is 5.73 Å². The number of nitrogens with two attached hydrogens (primary N) is 1. The quantitative estimate of drug-likeness (QED) is 0.788. The Morgan fingerprint density at radius 1 is 1.43 bits per heavy atom. The van der Waals surface area contributed by atoms with Crippen LogP contribution in [-0.4, -0.2) is 12.5 Å². The predicted octanol–water partition coefficient (Wildman–Crippen LogP) is 1.56. The summed E-state index contributed by atoms with van der Waals surface area (Å²) in [4.78, 5) is 10.5. The molecule has 0 saturated heterocycles. The Kier molecular flexibility index (Phi) is 3.51. The van der Waals surface area contributed by atoms with Crippen LogP contribution in [0.15, 0.2) is 18.2 Å². The zero-order chi connectivity index (χ0) is 10.6. The van der Waals surface area contributed by atoms with Crippen LogP contribution in [0.5, 0.6) is 5.75 Å². The molecule has 1 rings (SSSR count).